The lowest BCUT2D eigenvalue weighted by molar-refractivity contribution is -0.130. The van der Waals surface area contributed by atoms with Crippen molar-refractivity contribution in [2.45, 2.75) is 20.0 Å². The first-order valence-corrected chi connectivity index (χ1v) is 6.39. The van der Waals surface area contributed by atoms with Gasteiger partial charge in [0.05, 0.1) is 0 Å². The van der Waals surface area contributed by atoms with Gasteiger partial charge in [-0.25, -0.2) is 13.2 Å². The second-order valence-electron chi connectivity index (χ2n) is 4.75. The smallest absolute Gasteiger partial charge is 0.220 e. The molecule has 0 saturated heterocycles. The summed E-state index contributed by atoms with van der Waals surface area (Å²) in [6.07, 6.45) is 0. The van der Waals surface area contributed by atoms with Gasteiger partial charge in [0.2, 0.25) is 5.91 Å². The lowest BCUT2D eigenvalue weighted by atomic mass is 10.1. The fourth-order valence-corrected chi connectivity index (χ4v) is 1.95. The summed E-state index contributed by atoms with van der Waals surface area (Å²) in [5, 5.41) is 0. The molecule has 0 atom stereocenters. The van der Waals surface area contributed by atoms with Crippen LogP contribution in [0.3, 0.4) is 0 Å². The van der Waals surface area contributed by atoms with E-state index in [0.29, 0.717) is 5.56 Å². The Kier molecular flexibility index (Phi) is 4.62. The highest BCUT2D eigenvalue weighted by atomic mass is 19.2. The molecule has 2 nitrogen and oxygen atoms in total. The van der Waals surface area contributed by atoms with Crippen LogP contribution in [-0.2, 0) is 17.9 Å². The van der Waals surface area contributed by atoms with Gasteiger partial charge in [0.15, 0.2) is 11.6 Å². The Morgan fingerprint density at radius 3 is 2.05 bits per heavy atom. The maximum Gasteiger partial charge on any atom is 0.220 e. The van der Waals surface area contributed by atoms with Crippen LogP contribution < -0.4 is 0 Å². The molecule has 0 spiro atoms. The predicted molar refractivity (Wildman–Crippen MR) is 72.7 cm³/mol. The molecule has 0 bridgehead atoms. The van der Waals surface area contributed by atoms with E-state index in [1.807, 2.05) is 0 Å². The van der Waals surface area contributed by atoms with Crippen molar-refractivity contribution in [2.75, 3.05) is 0 Å². The zero-order chi connectivity index (χ0) is 15.4. The molecule has 0 aromatic heterocycles. The number of amides is 1. The summed E-state index contributed by atoms with van der Waals surface area (Å²) in [6, 6.07) is 9.30. The molecule has 0 heterocycles. The molecule has 0 fully saturated rings. The van der Waals surface area contributed by atoms with Crippen molar-refractivity contribution in [1.29, 1.82) is 0 Å². The molecule has 0 saturated carbocycles. The summed E-state index contributed by atoms with van der Waals surface area (Å²) in [4.78, 5) is 13.1. The van der Waals surface area contributed by atoms with Gasteiger partial charge in [-0.1, -0.05) is 18.2 Å². The van der Waals surface area contributed by atoms with E-state index in [9.17, 15) is 18.0 Å². The van der Waals surface area contributed by atoms with E-state index in [1.54, 1.807) is 12.1 Å². The Hall–Kier alpha value is -2.30. The van der Waals surface area contributed by atoms with Crippen molar-refractivity contribution in [3.05, 3.63) is 71.0 Å². The fourth-order valence-electron chi connectivity index (χ4n) is 1.95. The molecule has 0 radical (unpaired) electrons. The van der Waals surface area contributed by atoms with E-state index in [1.165, 1.54) is 30.0 Å². The molecule has 0 unspecified atom stereocenters. The van der Waals surface area contributed by atoms with Gasteiger partial charge in [-0.2, -0.15) is 0 Å². The SMILES string of the molecule is CC(=O)N(Cc1ccc(F)cc1)Cc1ccc(F)c(F)c1. The lowest BCUT2D eigenvalue weighted by Gasteiger charge is -2.21. The van der Waals surface area contributed by atoms with Gasteiger partial charge in [0, 0.05) is 20.0 Å². The minimum Gasteiger partial charge on any atom is -0.334 e. The maximum absolute atomic E-state index is 13.2. The van der Waals surface area contributed by atoms with Crippen LogP contribution in [-0.4, -0.2) is 10.8 Å². The third-order valence-electron chi connectivity index (χ3n) is 3.09. The minimum absolute atomic E-state index is 0.157. The van der Waals surface area contributed by atoms with Crippen LogP contribution in [0, 0.1) is 17.5 Å². The first-order valence-electron chi connectivity index (χ1n) is 6.39. The molecule has 21 heavy (non-hydrogen) atoms. The van der Waals surface area contributed by atoms with E-state index >= 15 is 0 Å². The molecule has 0 aliphatic heterocycles. The van der Waals surface area contributed by atoms with Gasteiger partial charge in [-0.3, -0.25) is 4.79 Å². The standard InChI is InChI=1S/C16H14F3NO/c1-11(21)20(9-12-2-5-14(17)6-3-12)10-13-4-7-15(18)16(19)8-13/h2-8H,9-10H2,1H3. The molecule has 1 amide bonds. The fraction of sp³-hybridized carbons (Fsp3) is 0.188. The summed E-state index contributed by atoms with van der Waals surface area (Å²) in [7, 11) is 0. The number of carbonyl (C=O) groups is 1. The Morgan fingerprint density at radius 1 is 0.905 bits per heavy atom. The highest BCUT2D eigenvalue weighted by Crippen LogP contribution is 2.14. The number of halogens is 3. The minimum atomic E-state index is -0.946. The molecule has 2 aromatic rings. The third kappa shape index (κ3) is 4.08. The summed E-state index contributed by atoms with van der Waals surface area (Å²) in [5.41, 5.74) is 1.25. The van der Waals surface area contributed by atoms with Crippen LogP contribution in [0.2, 0.25) is 0 Å². The van der Waals surface area contributed by atoms with Crippen LogP contribution in [0.5, 0.6) is 0 Å². The zero-order valence-corrected chi connectivity index (χ0v) is 11.4. The van der Waals surface area contributed by atoms with Crippen molar-refractivity contribution in [3.8, 4) is 0 Å². The third-order valence-corrected chi connectivity index (χ3v) is 3.09. The summed E-state index contributed by atoms with van der Waals surface area (Å²) in [6.45, 7) is 1.82. The molecule has 5 heteroatoms. The van der Waals surface area contributed by atoms with Crippen LogP contribution in [0.15, 0.2) is 42.5 Å². The van der Waals surface area contributed by atoms with Crippen LogP contribution in [0.1, 0.15) is 18.1 Å². The van der Waals surface area contributed by atoms with E-state index in [0.717, 1.165) is 17.7 Å². The molecule has 2 aromatic carbocycles. The number of benzene rings is 2. The lowest BCUT2D eigenvalue weighted by Crippen LogP contribution is -2.27. The molecule has 0 N–H and O–H groups in total. The van der Waals surface area contributed by atoms with Gasteiger partial charge in [0.1, 0.15) is 5.82 Å². The second-order valence-corrected chi connectivity index (χ2v) is 4.75. The molecule has 2 rings (SSSR count). The number of rotatable bonds is 4. The normalized spacial score (nSPS) is 10.5. The first-order chi connectivity index (χ1) is 9.95. The van der Waals surface area contributed by atoms with Gasteiger partial charge in [-0.05, 0) is 35.4 Å². The number of carbonyl (C=O) groups excluding carboxylic acids is 1. The highest BCUT2D eigenvalue weighted by molar-refractivity contribution is 5.73. The van der Waals surface area contributed by atoms with Gasteiger partial charge in [0.25, 0.3) is 0 Å². The average Bonchev–Trinajstić information content (AvgIpc) is 2.44. The molecule has 110 valence electrons. The van der Waals surface area contributed by atoms with E-state index in [2.05, 4.69) is 0 Å². The molecule has 0 aliphatic rings. The van der Waals surface area contributed by atoms with Crippen molar-refractivity contribution in [3.63, 3.8) is 0 Å². The van der Waals surface area contributed by atoms with Crippen molar-refractivity contribution < 1.29 is 18.0 Å². The Morgan fingerprint density at radius 2 is 1.48 bits per heavy atom. The van der Waals surface area contributed by atoms with Gasteiger partial charge >= 0.3 is 0 Å². The monoisotopic (exact) mass is 293 g/mol. The Bertz CT molecular complexity index is 640. The Balaban J connectivity index is 2.13. The topological polar surface area (TPSA) is 20.3 Å². The van der Waals surface area contributed by atoms with Crippen molar-refractivity contribution in [2.24, 2.45) is 0 Å². The highest BCUT2D eigenvalue weighted by Gasteiger charge is 2.12. The Labute approximate surface area is 120 Å². The van der Waals surface area contributed by atoms with Crippen LogP contribution in [0.4, 0.5) is 13.2 Å². The summed E-state index contributed by atoms with van der Waals surface area (Å²) in [5.74, 6) is -2.43. The van der Waals surface area contributed by atoms with Crippen LogP contribution in [0.25, 0.3) is 0 Å². The quantitative estimate of drug-likeness (QED) is 0.842. The van der Waals surface area contributed by atoms with Crippen molar-refractivity contribution >= 4 is 5.91 Å². The molecule has 0 aliphatic carbocycles. The number of hydrogen-bond donors (Lipinski definition) is 0. The molecular weight excluding hydrogens is 279 g/mol. The number of nitrogens with zero attached hydrogens (tertiary/aromatic N) is 1. The van der Waals surface area contributed by atoms with Crippen LogP contribution >= 0.6 is 0 Å². The zero-order valence-electron chi connectivity index (χ0n) is 11.4. The maximum atomic E-state index is 13.2. The summed E-state index contributed by atoms with van der Waals surface area (Å²) < 4.78 is 38.9. The van der Waals surface area contributed by atoms with E-state index in [-0.39, 0.29) is 24.8 Å². The molecular formula is C16H14F3NO. The van der Waals surface area contributed by atoms with E-state index < -0.39 is 11.6 Å². The van der Waals surface area contributed by atoms with Gasteiger partial charge in [-0.15, -0.1) is 0 Å². The first kappa shape index (κ1) is 15.1. The van der Waals surface area contributed by atoms with Crippen molar-refractivity contribution in [1.82, 2.24) is 4.90 Å². The average molecular weight is 293 g/mol. The largest absolute Gasteiger partial charge is 0.334 e. The number of hydrogen-bond acceptors (Lipinski definition) is 1. The second kappa shape index (κ2) is 6.43. The van der Waals surface area contributed by atoms with Gasteiger partial charge < -0.3 is 4.90 Å². The predicted octanol–water partition coefficient (Wildman–Crippen LogP) is 3.65. The summed E-state index contributed by atoms with van der Waals surface area (Å²) >= 11 is 0. The van der Waals surface area contributed by atoms with E-state index in [4.69, 9.17) is 0 Å².